The molecule has 1 aromatic heterocycles. The molecule has 11 heavy (non-hydrogen) atoms. The second-order valence-electron chi connectivity index (χ2n) is 1.95. The first-order valence-electron chi connectivity index (χ1n) is 3.09. The van der Waals surface area contributed by atoms with Crippen molar-refractivity contribution in [3.05, 3.63) is 12.2 Å². The molecule has 0 amide bonds. The summed E-state index contributed by atoms with van der Waals surface area (Å²) < 4.78 is 24.7. The van der Waals surface area contributed by atoms with E-state index in [0.717, 1.165) is 4.68 Å². The van der Waals surface area contributed by atoms with Crippen LogP contribution in [0.4, 0.5) is 8.78 Å². The predicted octanol–water partition coefficient (Wildman–Crippen LogP) is 0.00190. The molecule has 0 saturated carbocycles. The SMILES string of the molecule is NCc1ncnn1CC(F)F. The summed E-state index contributed by atoms with van der Waals surface area (Å²) in [6.07, 6.45) is -1.20. The van der Waals surface area contributed by atoms with Gasteiger partial charge in [-0.15, -0.1) is 0 Å². The molecule has 0 aromatic carbocycles. The van der Waals surface area contributed by atoms with E-state index in [4.69, 9.17) is 5.73 Å². The molecule has 0 unspecified atom stereocenters. The minimum atomic E-state index is -2.41. The summed E-state index contributed by atoms with van der Waals surface area (Å²) in [5, 5.41) is 3.57. The standard InChI is InChI=1S/C5H8F2N4/c6-4(7)2-11-5(1-8)9-3-10-11/h3-4H,1-2,8H2. The Labute approximate surface area is 62.0 Å². The van der Waals surface area contributed by atoms with Gasteiger partial charge in [-0.2, -0.15) is 5.10 Å². The Morgan fingerprint density at radius 1 is 1.64 bits per heavy atom. The van der Waals surface area contributed by atoms with Crippen LogP contribution in [0.1, 0.15) is 5.82 Å². The Morgan fingerprint density at radius 2 is 2.36 bits per heavy atom. The lowest BCUT2D eigenvalue weighted by Crippen LogP contribution is -2.14. The molecule has 1 heterocycles. The minimum Gasteiger partial charge on any atom is -0.324 e. The minimum absolute atomic E-state index is 0.132. The molecule has 0 aliphatic heterocycles. The number of halogens is 2. The monoisotopic (exact) mass is 162 g/mol. The van der Waals surface area contributed by atoms with Gasteiger partial charge in [0, 0.05) is 0 Å². The molecule has 1 aromatic rings. The highest BCUT2D eigenvalue weighted by molar-refractivity contribution is 4.82. The predicted molar refractivity (Wildman–Crippen MR) is 33.9 cm³/mol. The van der Waals surface area contributed by atoms with Gasteiger partial charge in [0.2, 0.25) is 0 Å². The van der Waals surface area contributed by atoms with Crippen molar-refractivity contribution in [2.45, 2.75) is 19.5 Å². The molecule has 1 rings (SSSR count). The van der Waals surface area contributed by atoms with Crippen LogP contribution in [0, 0.1) is 0 Å². The van der Waals surface area contributed by atoms with Crippen molar-refractivity contribution in [3.8, 4) is 0 Å². The van der Waals surface area contributed by atoms with Gasteiger partial charge < -0.3 is 5.73 Å². The van der Waals surface area contributed by atoms with E-state index in [-0.39, 0.29) is 6.54 Å². The number of nitrogens with two attached hydrogens (primary N) is 1. The van der Waals surface area contributed by atoms with Crippen molar-refractivity contribution in [1.82, 2.24) is 14.8 Å². The summed E-state index contributed by atoms with van der Waals surface area (Å²) in [4.78, 5) is 3.68. The van der Waals surface area contributed by atoms with Crippen molar-refractivity contribution in [3.63, 3.8) is 0 Å². The number of rotatable bonds is 3. The van der Waals surface area contributed by atoms with Crippen molar-refractivity contribution in [2.24, 2.45) is 5.73 Å². The third-order valence-electron chi connectivity index (χ3n) is 1.19. The molecule has 0 aliphatic rings. The van der Waals surface area contributed by atoms with E-state index in [1.807, 2.05) is 0 Å². The third-order valence-corrected chi connectivity index (χ3v) is 1.19. The zero-order valence-electron chi connectivity index (χ0n) is 5.74. The topological polar surface area (TPSA) is 56.7 Å². The molecule has 0 bridgehead atoms. The van der Waals surface area contributed by atoms with E-state index >= 15 is 0 Å². The van der Waals surface area contributed by atoms with Gasteiger partial charge in [-0.25, -0.2) is 18.4 Å². The van der Waals surface area contributed by atoms with Gasteiger partial charge in [-0.1, -0.05) is 0 Å². The third kappa shape index (κ3) is 1.94. The average Bonchev–Trinajstić information content (AvgIpc) is 2.34. The molecule has 0 fully saturated rings. The molecule has 0 radical (unpaired) electrons. The van der Waals surface area contributed by atoms with E-state index in [0.29, 0.717) is 5.82 Å². The Morgan fingerprint density at radius 3 is 2.91 bits per heavy atom. The largest absolute Gasteiger partial charge is 0.324 e. The lowest BCUT2D eigenvalue weighted by molar-refractivity contribution is 0.120. The van der Waals surface area contributed by atoms with Crippen molar-refractivity contribution in [1.29, 1.82) is 0 Å². The van der Waals surface area contributed by atoms with Gasteiger partial charge in [-0.3, -0.25) is 0 Å². The molecular weight excluding hydrogens is 154 g/mol. The first-order chi connectivity index (χ1) is 5.24. The van der Waals surface area contributed by atoms with E-state index in [1.165, 1.54) is 6.33 Å². The van der Waals surface area contributed by atoms with E-state index in [9.17, 15) is 8.78 Å². The van der Waals surface area contributed by atoms with E-state index < -0.39 is 13.0 Å². The van der Waals surface area contributed by atoms with Gasteiger partial charge in [-0.05, 0) is 0 Å². The lowest BCUT2D eigenvalue weighted by Gasteiger charge is -2.01. The van der Waals surface area contributed by atoms with Crippen LogP contribution in [0.2, 0.25) is 0 Å². The van der Waals surface area contributed by atoms with Crippen LogP contribution in [-0.4, -0.2) is 21.2 Å². The Kier molecular flexibility index (Phi) is 2.48. The summed E-state index contributed by atoms with van der Waals surface area (Å²) in [5.41, 5.74) is 5.20. The summed E-state index contributed by atoms with van der Waals surface area (Å²) in [6, 6.07) is 0. The summed E-state index contributed by atoms with van der Waals surface area (Å²) in [6.45, 7) is -0.306. The van der Waals surface area contributed by atoms with Crippen LogP contribution in [0.3, 0.4) is 0 Å². The number of aromatic nitrogens is 3. The molecule has 4 nitrogen and oxygen atoms in total. The van der Waals surface area contributed by atoms with Gasteiger partial charge in [0.25, 0.3) is 6.43 Å². The molecule has 0 aliphatic carbocycles. The molecule has 0 atom stereocenters. The molecule has 2 N–H and O–H groups in total. The number of nitrogens with zero attached hydrogens (tertiary/aromatic N) is 3. The van der Waals surface area contributed by atoms with Crippen molar-refractivity contribution >= 4 is 0 Å². The van der Waals surface area contributed by atoms with Crippen molar-refractivity contribution in [2.75, 3.05) is 0 Å². The number of hydrogen-bond acceptors (Lipinski definition) is 3. The first-order valence-corrected chi connectivity index (χ1v) is 3.09. The highest BCUT2D eigenvalue weighted by atomic mass is 19.3. The fourth-order valence-corrected chi connectivity index (χ4v) is 0.729. The lowest BCUT2D eigenvalue weighted by atomic mass is 10.6. The van der Waals surface area contributed by atoms with Crippen LogP contribution in [0.5, 0.6) is 0 Å². The van der Waals surface area contributed by atoms with Gasteiger partial charge in [0.15, 0.2) is 0 Å². The Bertz CT molecular complexity index is 222. The summed E-state index contributed by atoms with van der Waals surface area (Å²) in [5.74, 6) is 0.380. The van der Waals surface area contributed by atoms with Crippen LogP contribution < -0.4 is 5.73 Å². The van der Waals surface area contributed by atoms with E-state index in [2.05, 4.69) is 10.1 Å². The fourth-order valence-electron chi connectivity index (χ4n) is 0.729. The van der Waals surface area contributed by atoms with Gasteiger partial charge in [0.05, 0.1) is 6.54 Å². The quantitative estimate of drug-likeness (QED) is 0.680. The highest BCUT2D eigenvalue weighted by Gasteiger charge is 2.07. The zero-order chi connectivity index (χ0) is 8.27. The molecule has 0 spiro atoms. The van der Waals surface area contributed by atoms with Crippen molar-refractivity contribution < 1.29 is 8.78 Å². The number of alkyl halides is 2. The maximum atomic E-state index is 11.8. The maximum absolute atomic E-state index is 11.8. The van der Waals surface area contributed by atoms with Crippen LogP contribution in [0.15, 0.2) is 6.33 Å². The maximum Gasteiger partial charge on any atom is 0.257 e. The van der Waals surface area contributed by atoms with Crippen LogP contribution in [0.25, 0.3) is 0 Å². The normalized spacial score (nSPS) is 10.9. The average molecular weight is 162 g/mol. The first kappa shape index (κ1) is 8.06. The smallest absolute Gasteiger partial charge is 0.257 e. The highest BCUT2D eigenvalue weighted by Crippen LogP contribution is 1.99. The van der Waals surface area contributed by atoms with Crippen LogP contribution >= 0.6 is 0 Å². The molecule has 6 heteroatoms. The van der Waals surface area contributed by atoms with Gasteiger partial charge in [0.1, 0.15) is 18.7 Å². The Hall–Kier alpha value is -1.04. The molecular formula is C5H8F2N4. The Balaban J connectivity index is 2.68. The van der Waals surface area contributed by atoms with E-state index in [1.54, 1.807) is 0 Å². The van der Waals surface area contributed by atoms with Gasteiger partial charge >= 0.3 is 0 Å². The number of hydrogen-bond donors (Lipinski definition) is 1. The zero-order valence-corrected chi connectivity index (χ0v) is 5.74. The summed E-state index contributed by atoms with van der Waals surface area (Å²) >= 11 is 0. The molecule has 0 saturated heterocycles. The second kappa shape index (κ2) is 3.38. The fraction of sp³-hybridized carbons (Fsp3) is 0.600. The summed E-state index contributed by atoms with van der Waals surface area (Å²) in [7, 11) is 0. The van der Waals surface area contributed by atoms with Crippen LogP contribution in [-0.2, 0) is 13.1 Å². The second-order valence-corrected chi connectivity index (χ2v) is 1.95. The molecule has 62 valence electrons.